The van der Waals surface area contributed by atoms with Crippen molar-refractivity contribution in [3.05, 3.63) is 65.1 Å². The second-order valence-corrected chi connectivity index (χ2v) is 9.02. The van der Waals surface area contributed by atoms with Crippen LogP contribution in [0.25, 0.3) is 10.9 Å². The second-order valence-electron chi connectivity index (χ2n) is 8.61. The number of amides is 3. The number of para-hydroxylation sites is 1. The average Bonchev–Trinajstić information content (AvgIpc) is 3.39. The molecule has 1 saturated heterocycles. The van der Waals surface area contributed by atoms with Crippen LogP contribution < -0.4 is 11.1 Å². The smallest absolute Gasteiger partial charge is 0.323 e. The molecule has 2 aromatic carbocycles. The molecule has 0 saturated carbocycles. The molecule has 0 aliphatic carbocycles. The molecule has 35 heavy (non-hydrogen) atoms. The minimum Gasteiger partial charge on any atom is -0.393 e. The molecule has 0 spiro atoms. The van der Waals surface area contributed by atoms with Crippen molar-refractivity contribution >= 4 is 46.0 Å². The summed E-state index contributed by atoms with van der Waals surface area (Å²) in [6, 6.07) is 8.82. The fourth-order valence-electron chi connectivity index (χ4n) is 4.39. The number of carbonyl (C=O) groups excluding carboxylic acids is 3. The zero-order chi connectivity index (χ0) is 25.3. The lowest BCUT2D eigenvalue weighted by molar-refractivity contribution is -0.122. The Morgan fingerprint density at radius 1 is 1.20 bits per heavy atom. The fraction of sp³-hybridized carbons (Fsp3) is 0.292. The van der Waals surface area contributed by atoms with Crippen LogP contribution in [0.3, 0.4) is 0 Å². The average molecular weight is 503 g/mol. The van der Waals surface area contributed by atoms with E-state index in [4.69, 9.17) is 17.3 Å². The van der Waals surface area contributed by atoms with Crippen molar-refractivity contribution < 1.29 is 29.0 Å². The maximum absolute atomic E-state index is 14.2. The van der Waals surface area contributed by atoms with Crippen LogP contribution in [0, 0.1) is 5.82 Å². The topological polar surface area (TPSA) is 138 Å². The summed E-state index contributed by atoms with van der Waals surface area (Å²) in [5.74, 6) is -1.01. The lowest BCUT2D eigenvalue weighted by Crippen LogP contribution is -2.44. The van der Waals surface area contributed by atoms with Gasteiger partial charge in [0.25, 0.3) is 0 Å². The molecule has 1 aliphatic rings. The van der Waals surface area contributed by atoms with E-state index in [1.807, 2.05) is 0 Å². The van der Waals surface area contributed by atoms with E-state index in [-0.39, 0.29) is 42.1 Å². The molecule has 0 radical (unpaired) electrons. The Labute approximate surface area is 204 Å². The maximum atomic E-state index is 14.2. The molecule has 3 aromatic rings. The molecule has 184 valence electrons. The molecular weight excluding hydrogens is 479 g/mol. The lowest BCUT2D eigenvalue weighted by Gasteiger charge is -2.24. The van der Waals surface area contributed by atoms with Gasteiger partial charge in [0.05, 0.1) is 35.4 Å². The van der Waals surface area contributed by atoms with Gasteiger partial charge in [0.1, 0.15) is 11.4 Å². The van der Waals surface area contributed by atoms with Crippen molar-refractivity contribution in [2.75, 3.05) is 18.5 Å². The molecule has 0 unspecified atom stereocenters. The molecule has 4 rings (SSSR count). The Bertz CT molecular complexity index is 1310. The number of aromatic nitrogens is 1. The zero-order valence-electron chi connectivity index (χ0n) is 18.6. The normalized spacial score (nSPS) is 19.8. The number of carbonyl (C=O) groups is 3. The number of β-amino-alcohol motifs (C(OH)–C–C–N with tert-alkyl or cyclic N) is 1. The number of nitrogens with one attached hydrogen (secondary N) is 1. The highest BCUT2D eigenvalue weighted by molar-refractivity contribution is 6.30. The van der Waals surface area contributed by atoms with Crippen LogP contribution in [0.2, 0.25) is 5.02 Å². The minimum atomic E-state index is -1.67. The summed E-state index contributed by atoms with van der Waals surface area (Å²) in [7, 11) is 0. The largest absolute Gasteiger partial charge is 0.393 e. The van der Waals surface area contributed by atoms with Gasteiger partial charge in [-0.15, -0.1) is 0 Å². The van der Waals surface area contributed by atoms with Gasteiger partial charge < -0.3 is 26.2 Å². The summed E-state index contributed by atoms with van der Waals surface area (Å²) >= 11 is 5.80. The molecule has 5 N–H and O–H groups in total. The summed E-state index contributed by atoms with van der Waals surface area (Å²) in [6.07, 6.45) is 1.16. The number of rotatable bonds is 6. The van der Waals surface area contributed by atoms with Gasteiger partial charge in [-0.05, 0) is 24.1 Å². The van der Waals surface area contributed by atoms with Crippen LogP contribution in [0.4, 0.5) is 19.7 Å². The van der Waals surface area contributed by atoms with Crippen molar-refractivity contribution in [1.29, 1.82) is 0 Å². The molecule has 1 aromatic heterocycles. The number of urea groups is 1. The van der Waals surface area contributed by atoms with Gasteiger partial charge >= 0.3 is 12.1 Å². The van der Waals surface area contributed by atoms with E-state index in [0.29, 0.717) is 10.9 Å². The Kier molecular flexibility index (Phi) is 6.79. The maximum Gasteiger partial charge on any atom is 0.323 e. The van der Waals surface area contributed by atoms with Gasteiger partial charge in [-0.25, -0.2) is 14.0 Å². The molecule has 0 bridgehead atoms. The third-order valence-corrected chi connectivity index (χ3v) is 6.50. The molecule has 2 heterocycles. The number of ketones is 1. The number of aryl methyl sites for hydroxylation is 1. The Morgan fingerprint density at radius 2 is 1.94 bits per heavy atom. The highest BCUT2D eigenvalue weighted by atomic mass is 35.5. The van der Waals surface area contributed by atoms with Crippen LogP contribution in [0.5, 0.6) is 0 Å². The first-order valence-corrected chi connectivity index (χ1v) is 11.3. The monoisotopic (exact) mass is 502 g/mol. The Morgan fingerprint density at radius 3 is 2.66 bits per heavy atom. The number of benzene rings is 2. The number of Topliss-reactive ketones (excluding diaryl/α,β-unsaturated/α-hetero) is 1. The number of hydrogen-bond acceptors (Lipinski definition) is 5. The van der Waals surface area contributed by atoms with E-state index in [0.717, 1.165) is 4.90 Å². The number of anilines is 1. The highest BCUT2D eigenvalue weighted by Crippen LogP contribution is 2.31. The van der Waals surface area contributed by atoms with E-state index in [2.05, 4.69) is 5.32 Å². The van der Waals surface area contributed by atoms with Crippen molar-refractivity contribution in [2.45, 2.75) is 30.9 Å². The number of aliphatic hydroxyl groups is 2. The molecule has 3 amide bonds. The first-order chi connectivity index (χ1) is 16.6. The van der Waals surface area contributed by atoms with Crippen LogP contribution in [-0.4, -0.2) is 62.3 Å². The first-order valence-electron chi connectivity index (χ1n) is 10.9. The van der Waals surface area contributed by atoms with Crippen molar-refractivity contribution in [1.82, 2.24) is 9.47 Å². The van der Waals surface area contributed by atoms with E-state index < -0.39 is 41.9 Å². The van der Waals surface area contributed by atoms with Gasteiger partial charge in [-0.3, -0.25) is 9.36 Å². The molecular formula is C24H24ClFN4O5. The number of hydrogen-bond donors (Lipinski definition) is 4. The fourth-order valence-corrected chi connectivity index (χ4v) is 4.59. The number of aliphatic hydroxyl groups excluding tert-OH is 1. The number of primary amides is 1. The van der Waals surface area contributed by atoms with Gasteiger partial charge in [-0.2, -0.15) is 0 Å². The van der Waals surface area contributed by atoms with E-state index >= 15 is 0 Å². The quantitative estimate of drug-likeness (QED) is 0.410. The standard InChI is InChI=1S/C24H24ClFN4O5/c25-16-6-3-4-14(21(16)26)8-9-20(32)19-10-24(35,13-31)12-30(19)23(34)28-17-11-29(22(27)33)18-7-2-1-5-15(17)18/h1-7,11,19,31,35H,8-10,12-13H2,(H2,27,33)(H,28,34)/t19-,24+/m0/s1. The van der Waals surface area contributed by atoms with Gasteiger partial charge in [0.15, 0.2) is 5.78 Å². The first kappa shape index (κ1) is 24.6. The Hall–Kier alpha value is -3.47. The van der Waals surface area contributed by atoms with Gasteiger partial charge in [0.2, 0.25) is 0 Å². The van der Waals surface area contributed by atoms with Gasteiger partial charge in [0, 0.05) is 24.4 Å². The molecule has 2 atom stereocenters. The second kappa shape index (κ2) is 9.65. The van der Waals surface area contributed by atoms with Crippen LogP contribution in [-0.2, 0) is 11.2 Å². The predicted octanol–water partition coefficient (Wildman–Crippen LogP) is 2.89. The third-order valence-electron chi connectivity index (χ3n) is 6.20. The Balaban J connectivity index is 1.55. The number of nitrogens with zero attached hydrogens (tertiary/aromatic N) is 2. The summed E-state index contributed by atoms with van der Waals surface area (Å²) in [6.45, 7) is -0.934. The SMILES string of the molecule is NC(=O)n1cc(NC(=O)N2C[C@@](O)(CO)C[C@H]2C(=O)CCc2cccc(Cl)c2F)c2ccccc21. The third kappa shape index (κ3) is 4.86. The van der Waals surface area contributed by atoms with Crippen molar-refractivity contribution in [2.24, 2.45) is 5.73 Å². The molecule has 1 aliphatic heterocycles. The summed E-state index contributed by atoms with van der Waals surface area (Å²) in [5, 5.41) is 23.5. The number of halogens is 2. The summed E-state index contributed by atoms with van der Waals surface area (Å²) in [4.78, 5) is 39.2. The van der Waals surface area contributed by atoms with Crippen molar-refractivity contribution in [3.8, 4) is 0 Å². The highest BCUT2D eigenvalue weighted by Gasteiger charge is 2.47. The predicted molar refractivity (Wildman–Crippen MR) is 128 cm³/mol. The molecule has 11 heteroatoms. The summed E-state index contributed by atoms with van der Waals surface area (Å²) in [5.41, 5.74) is 4.79. The van der Waals surface area contributed by atoms with E-state index in [1.165, 1.54) is 22.9 Å². The van der Waals surface area contributed by atoms with E-state index in [1.54, 1.807) is 30.3 Å². The molecule has 1 fully saturated rings. The number of nitrogens with two attached hydrogens (primary N) is 1. The number of likely N-dealkylation sites (tertiary alicyclic amines) is 1. The zero-order valence-corrected chi connectivity index (χ0v) is 19.3. The van der Waals surface area contributed by atoms with Crippen LogP contribution >= 0.6 is 11.6 Å². The minimum absolute atomic E-state index is 0.0541. The molecule has 9 nitrogen and oxygen atoms in total. The van der Waals surface area contributed by atoms with E-state index in [9.17, 15) is 29.0 Å². The lowest BCUT2D eigenvalue weighted by atomic mass is 9.96. The number of fused-ring (bicyclic) bond motifs is 1. The van der Waals surface area contributed by atoms with Crippen LogP contribution in [0.15, 0.2) is 48.7 Å². The summed E-state index contributed by atoms with van der Waals surface area (Å²) < 4.78 is 15.4. The van der Waals surface area contributed by atoms with Crippen molar-refractivity contribution in [3.63, 3.8) is 0 Å². The van der Waals surface area contributed by atoms with Crippen LogP contribution in [0.1, 0.15) is 18.4 Å². The van der Waals surface area contributed by atoms with Gasteiger partial charge in [-0.1, -0.05) is 41.9 Å².